The Morgan fingerprint density at radius 3 is 2.68 bits per heavy atom. The van der Waals surface area contributed by atoms with E-state index in [1.807, 2.05) is 15.8 Å². The molecule has 2 saturated carbocycles. The lowest BCUT2D eigenvalue weighted by Crippen LogP contribution is -2.38. The molecule has 1 saturated heterocycles. The molecule has 0 unspecified atom stereocenters. The van der Waals surface area contributed by atoms with E-state index in [1.165, 1.54) is 12.8 Å². The summed E-state index contributed by atoms with van der Waals surface area (Å²) in [5.74, 6) is 1.93. The molecule has 4 rings (SSSR count). The average Bonchev–Trinajstić information content (AvgIpc) is 3.25. The molecule has 2 heterocycles. The highest BCUT2D eigenvalue weighted by Crippen LogP contribution is 2.43. The summed E-state index contributed by atoms with van der Waals surface area (Å²) in [5, 5.41) is 8.61. The third-order valence-corrected chi connectivity index (χ3v) is 6.39. The van der Waals surface area contributed by atoms with E-state index in [-0.39, 0.29) is 18.1 Å². The predicted octanol–water partition coefficient (Wildman–Crippen LogP) is 1.67. The predicted molar refractivity (Wildman–Crippen MR) is 102 cm³/mol. The van der Waals surface area contributed by atoms with E-state index in [0.717, 1.165) is 44.1 Å². The Labute approximate surface area is 166 Å². The van der Waals surface area contributed by atoms with Crippen LogP contribution >= 0.6 is 0 Å². The molecule has 0 N–H and O–H groups in total. The highest BCUT2D eigenvalue weighted by atomic mass is 16.5. The third-order valence-electron chi connectivity index (χ3n) is 6.39. The van der Waals surface area contributed by atoms with Crippen LogP contribution in [0.3, 0.4) is 0 Å². The van der Waals surface area contributed by atoms with Gasteiger partial charge in [-0.1, -0.05) is 5.21 Å². The van der Waals surface area contributed by atoms with Crippen LogP contribution in [0.15, 0.2) is 6.20 Å². The number of rotatable bonds is 9. The Morgan fingerprint density at radius 2 is 1.96 bits per heavy atom. The lowest BCUT2D eigenvalue weighted by molar-refractivity contribution is -0.131. The molecule has 1 aliphatic heterocycles. The minimum absolute atomic E-state index is 0.132. The van der Waals surface area contributed by atoms with E-state index in [9.17, 15) is 4.79 Å². The molecule has 1 amide bonds. The number of likely N-dealkylation sites (tertiary alicyclic amines) is 1. The fourth-order valence-electron chi connectivity index (χ4n) is 4.63. The largest absolute Gasteiger partial charge is 0.384 e. The van der Waals surface area contributed by atoms with Crippen molar-refractivity contribution in [2.24, 2.45) is 17.8 Å². The molecular weight excluding hydrogens is 360 g/mol. The summed E-state index contributed by atoms with van der Waals surface area (Å²) in [6, 6.07) is 0.173. The SMILES string of the molecule is COCCC(=O)N1C[C@H]2C[C@@H](n3cc(COC)nn3)[C@H](OCC3CC3)C[C@H]2C1. The summed E-state index contributed by atoms with van der Waals surface area (Å²) in [6.45, 7) is 3.47. The molecule has 1 aromatic heterocycles. The Morgan fingerprint density at radius 1 is 1.18 bits per heavy atom. The van der Waals surface area contributed by atoms with Crippen molar-refractivity contribution < 1.29 is 19.0 Å². The molecule has 0 radical (unpaired) electrons. The quantitative estimate of drug-likeness (QED) is 0.636. The Bertz CT molecular complexity index is 662. The zero-order valence-corrected chi connectivity index (χ0v) is 17.0. The highest BCUT2D eigenvalue weighted by Gasteiger charge is 2.45. The normalized spacial score (nSPS) is 29.9. The third kappa shape index (κ3) is 4.55. The van der Waals surface area contributed by atoms with Crippen molar-refractivity contribution in [1.29, 1.82) is 0 Å². The minimum atomic E-state index is 0.132. The van der Waals surface area contributed by atoms with Crippen LogP contribution < -0.4 is 0 Å². The van der Waals surface area contributed by atoms with Crippen LogP contribution in [0.2, 0.25) is 0 Å². The first-order valence-electron chi connectivity index (χ1n) is 10.5. The van der Waals surface area contributed by atoms with Gasteiger partial charge in [0.15, 0.2) is 0 Å². The molecular formula is C20H32N4O4. The lowest BCUT2D eigenvalue weighted by Gasteiger charge is -2.37. The van der Waals surface area contributed by atoms with Gasteiger partial charge in [0.25, 0.3) is 0 Å². The first-order chi connectivity index (χ1) is 13.7. The number of nitrogens with zero attached hydrogens (tertiary/aromatic N) is 4. The van der Waals surface area contributed by atoms with Crippen molar-refractivity contribution in [3.63, 3.8) is 0 Å². The summed E-state index contributed by atoms with van der Waals surface area (Å²) in [5.41, 5.74) is 0.841. The number of amides is 1. The highest BCUT2D eigenvalue weighted by molar-refractivity contribution is 5.76. The van der Waals surface area contributed by atoms with Crippen LogP contribution in [0.5, 0.6) is 0 Å². The molecule has 3 aliphatic rings. The van der Waals surface area contributed by atoms with E-state index in [2.05, 4.69) is 10.3 Å². The van der Waals surface area contributed by atoms with Crippen LogP contribution in [0.1, 0.15) is 43.8 Å². The number of hydrogen-bond acceptors (Lipinski definition) is 6. The zero-order valence-electron chi connectivity index (χ0n) is 17.0. The fraction of sp³-hybridized carbons (Fsp3) is 0.850. The molecule has 0 aromatic carbocycles. The van der Waals surface area contributed by atoms with Crippen molar-refractivity contribution in [3.8, 4) is 0 Å². The Balaban J connectivity index is 1.44. The molecule has 8 heteroatoms. The molecule has 1 aromatic rings. The maximum atomic E-state index is 12.5. The molecule has 0 spiro atoms. The van der Waals surface area contributed by atoms with E-state index in [1.54, 1.807) is 14.2 Å². The first-order valence-corrected chi connectivity index (χ1v) is 10.5. The monoisotopic (exact) mass is 392 g/mol. The summed E-state index contributed by atoms with van der Waals surface area (Å²) in [4.78, 5) is 14.5. The van der Waals surface area contributed by atoms with Gasteiger partial charge in [-0.05, 0) is 43.4 Å². The van der Waals surface area contributed by atoms with Gasteiger partial charge in [-0.2, -0.15) is 0 Å². The Kier molecular flexibility index (Phi) is 6.28. The average molecular weight is 393 g/mol. The lowest BCUT2D eigenvalue weighted by atomic mass is 9.77. The molecule has 4 atom stereocenters. The van der Waals surface area contributed by atoms with Crippen molar-refractivity contribution in [1.82, 2.24) is 19.9 Å². The van der Waals surface area contributed by atoms with Gasteiger partial charge in [-0.3, -0.25) is 4.79 Å². The van der Waals surface area contributed by atoms with Crippen molar-refractivity contribution in [3.05, 3.63) is 11.9 Å². The van der Waals surface area contributed by atoms with Gasteiger partial charge in [0.05, 0.1) is 38.0 Å². The zero-order chi connectivity index (χ0) is 19.5. The van der Waals surface area contributed by atoms with Crippen LogP contribution in [0.25, 0.3) is 0 Å². The van der Waals surface area contributed by atoms with Crippen LogP contribution in [0, 0.1) is 17.8 Å². The molecule has 8 nitrogen and oxygen atoms in total. The van der Waals surface area contributed by atoms with Crippen LogP contribution in [-0.4, -0.2) is 72.4 Å². The second-order valence-electron chi connectivity index (χ2n) is 8.54. The van der Waals surface area contributed by atoms with Crippen LogP contribution in [0.4, 0.5) is 0 Å². The first kappa shape index (κ1) is 19.8. The molecule has 0 bridgehead atoms. The van der Waals surface area contributed by atoms with E-state index in [4.69, 9.17) is 14.2 Å². The standard InChI is InChI=1S/C20H32N4O4/c1-26-6-5-20(25)23-9-15-7-18(24-11-17(13-27-2)21-22-24)19(8-16(15)10-23)28-12-14-3-4-14/h11,14-16,18-19H,3-10,12-13H2,1-2H3/t15-,16+,18-,19-/m1/s1. The topological polar surface area (TPSA) is 78.7 Å². The number of ether oxygens (including phenoxy) is 3. The number of carbonyl (C=O) groups is 1. The molecule has 156 valence electrons. The van der Waals surface area contributed by atoms with Crippen molar-refractivity contribution >= 4 is 5.91 Å². The number of fused-ring (bicyclic) bond motifs is 1. The second kappa shape index (κ2) is 8.88. The van der Waals surface area contributed by atoms with Gasteiger partial charge in [0, 0.05) is 33.9 Å². The minimum Gasteiger partial charge on any atom is -0.384 e. The smallest absolute Gasteiger partial charge is 0.224 e. The summed E-state index contributed by atoms with van der Waals surface area (Å²) in [6.07, 6.45) is 7.11. The maximum absolute atomic E-state index is 12.5. The van der Waals surface area contributed by atoms with Gasteiger partial charge in [0.2, 0.25) is 5.91 Å². The van der Waals surface area contributed by atoms with Gasteiger partial charge in [0.1, 0.15) is 5.69 Å². The van der Waals surface area contributed by atoms with Gasteiger partial charge >= 0.3 is 0 Å². The number of aromatic nitrogens is 3. The van der Waals surface area contributed by atoms with Gasteiger partial charge in [-0.25, -0.2) is 4.68 Å². The maximum Gasteiger partial charge on any atom is 0.224 e. The van der Waals surface area contributed by atoms with E-state index in [0.29, 0.717) is 31.5 Å². The Hall–Kier alpha value is -1.51. The van der Waals surface area contributed by atoms with Crippen molar-refractivity contribution in [2.45, 2.75) is 50.9 Å². The van der Waals surface area contributed by atoms with E-state index < -0.39 is 0 Å². The summed E-state index contributed by atoms with van der Waals surface area (Å²) < 4.78 is 18.6. The number of carbonyl (C=O) groups excluding carboxylic acids is 1. The van der Waals surface area contributed by atoms with E-state index >= 15 is 0 Å². The summed E-state index contributed by atoms with van der Waals surface area (Å²) in [7, 11) is 3.30. The van der Waals surface area contributed by atoms with Crippen molar-refractivity contribution in [2.75, 3.05) is 40.5 Å². The fourth-order valence-corrected chi connectivity index (χ4v) is 4.63. The van der Waals surface area contributed by atoms with Gasteiger partial charge < -0.3 is 19.1 Å². The number of hydrogen-bond donors (Lipinski definition) is 0. The van der Waals surface area contributed by atoms with Crippen LogP contribution in [-0.2, 0) is 25.6 Å². The molecule has 3 fully saturated rings. The molecule has 28 heavy (non-hydrogen) atoms. The summed E-state index contributed by atoms with van der Waals surface area (Å²) >= 11 is 0. The van der Waals surface area contributed by atoms with Gasteiger partial charge in [-0.15, -0.1) is 5.10 Å². The molecule has 2 aliphatic carbocycles. The second-order valence-corrected chi connectivity index (χ2v) is 8.54. The number of methoxy groups -OCH3 is 2.